The molecule has 1 aliphatic heterocycles. The standard InChI is InChI=1S/C24H22N2O3S/c1-14(2)16-8-10-17(11-9-16)20-19(21(27)18-6-4-15(3)5-7-18)22(28)23(29)26(20)24-25-12-13-30-24/h4-14,19-20H,1-3H3. The summed E-state index contributed by atoms with van der Waals surface area (Å²) in [5.74, 6) is -2.47. The number of aromatic nitrogens is 1. The Morgan fingerprint density at radius 3 is 2.27 bits per heavy atom. The number of nitrogens with zero attached hydrogens (tertiary/aromatic N) is 2. The van der Waals surface area contributed by atoms with Crippen molar-refractivity contribution in [3.63, 3.8) is 0 Å². The van der Waals surface area contributed by atoms with Gasteiger partial charge in [-0.15, -0.1) is 11.3 Å². The molecule has 1 aromatic heterocycles. The largest absolute Gasteiger partial charge is 0.297 e. The van der Waals surface area contributed by atoms with E-state index in [0.29, 0.717) is 16.6 Å². The summed E-state index contributed by atoms with van der Waals surface area (Å²) in [6.45, 7) is 6.13. The van der Waals surface area contributed by atoms with Crippen LogP contribution < -0.4 is 4.90 Å². The summed E-state index contributed by atoms with van der Waals surface area (Å²) < 4.78 is 0. The first-order valence-corrected chi connectivity index (χ1v) is 10.7. The highest BCUT2D eigenvalue weighted by Gasteiger charge is 2.53. The predicted octanol–water partition coefficient (Wildman–Crippen LogP) is 4.73. The zero-order valence-corrected chi connectivity index (χ0v) is 17.8. The number of carbonyl (C=O) groups is 3. The van der Waals surface area contributed by atoms with Gasteiger partial charge in [0.15, 0.2) is 10.9 Å². The van der Waals surface area contributed by atoms with E-state index in [1.165, 1.54) is 16.2 Å². The van der Waals surface area contributed by atoms with Gasteiger partial charge in [0.25, 0.3) is 5.91 Å². The predicted molar refractivity (Wildman–Crippen MR) is 117 cm³/mol. The lowest BCUT2D eigenvalue weighted by atomic mass is 9.85. The van der Waals surface area contributed by atoms with Crippen LogP contribution in [0.2, 0.25) is 0 Å². The maximum absolute atomic E-state index is 13.4. The maximum Gasteiger partial charge on any atom is 0.297 e. The molecule has 5 nitrogen and oxygen atoms in total. The SMILES string of the molecule is Cc1ccc(C(=O)C2C(=O)C(=O)N(c3nccs3)C2c2ccc(C(C)C)cc2)cc1. The molecule has 152 valence electrons. The van der Waals surface area contributed by atoms with Crippen molar-refractivity contribution in [1.82, 2.24) is 4.98 Å². The molecule has 0 aliphatic carbocycles. The van der Waals surface area contributed by atoms with Crippen molar-refractivity contribution in [2.75, 3.05) is 4.90 Å². The highest BCUT2D eigenvalue weighted by molar-refractivity contribution is 7.14. The number of hydrogen-bond donors (Lipinski definition) is 0. The molecule has 1 fully saturated rings. The van der Waals surface area contributed by atoms with Crippen molar-refractivity contribution >= 4 is 33.9 Å². The summed E-state index contributed by atoms with van der Waals surface area (Å²) in [5, 5.41) is 2.17. The zero-order valence-electron chi connectivity index (χ0n) is 17.0. The summed E-state index contributed by atoms with van der Waals surface area (Å²) in [6.07, 6.45) is 1.59. The number of hydrogen-bond acceptors (Lipinski definition) is 5. The molecule has 30 heavy (non-hydrogen) atoms. The van der Waals surface area contributed by atoms with E-state index in [4.69, 9.17) is 0 Å². The first kappa shape index (κ1) is 20.2. The summed E-state index contributed by atoms with van der Waals surface area (Å²) in [6, 6.07) is 14.1. The second-order valence-electron chi connectivity index (χ2n) is 7.83. The molecular weight excluding hydrogens is 396 g/mol. The quantitative estimate of drug-likeness (QED) is 0.341. The van der Waals surface area contributed by atoms with E-state index < -0.39 is 23.7 Å². The van der Waals surface area contributed by atoms with Gasteiger partial charge in [-0.1, -0.05) is 67.9 Å². The second kappa shape index (κ2) is 7.95. The Morgan fingerprint density at radius 2 is 1.70 bits per heavy atom. The van der Waals surface area contributed by atoms with Crippen LogP contribution in [0, 0.1) is 12.8 Å². The van der Waals surface area contributed by atoms with Crippen molar-refractivity contribution < 1.29 is 14.4 Å². The Hall–Kier alpha value is -3.12. The van der Waals surface area contributed by atoms with Crippen LogP contribution in [-0.4, -0.2) is 22.5 Å². The fourth-order valence-electron chi connectivity index (χ4n) is 3.79. The van der Waals surface area contributed by atoms with Crippen LogP contribution in [0.3, 0.4) is 0 Å². The van der Waals surface area contributed by atoms with Gasteiger partial charge >= 0.3 is 0 Å². The Bertz CT molecular complexity index is 1090. The van der Waals surface area contributed by atoms with Crippen LogP contribution in [0.25, 0.3) is 0 Å². The molecule has 1 saturated heterocycles. The number of aryl methyl sites for hydroxylation is 1. The number of carbonyl (C=O) groups excluding carboxylic acids is 3. The van der Waals surface area contributed by atoms with Gasteiger partial charge in [-0.25, -0.2) is 4.98 Å². The molecule has 1 aliphatic rings. The summed E-state index contributed by atoms with van der Waals surface area (Å²) in [5.41, 5.74) is 3.35. The van der Waals surface area contributed by atoms with Gasteiger partial charge in [-0.2, -0.15) is 0 Å². The second-order valence-corrected chi connectivity index (χ2v) is 8.70. The third-order valence-corrected chi connectivity index (χ3v) is 6.27. The molecule has 0 spiro atoms. The number of ketones is 2. The molecule has 3 aromatic rings. The van der Waals surface area contributed by atoms with E-state index >= 15 is 0 Å². The van der Waals surface area contributed by atoms with Crippen LogP contribution in [-0.2, 0) is 9.59 Å². The summed E-state index contributed by atoms with van der Waals surface area (Å²) in [4.78, 5) is 45.0. The minimum absolute atomic E-state index is 0.342. The van der Waals surface area contributed by atoms with E-state index in [0.717, 1.165) is 16.7 Å². The number of rotatable bonds is 5. The van der Waals surface area contributed by atoms with Crippen molar-refractivity contribution in [1.29, 1.82) is 0 Å². The van der Waals surface area contributed by atoms with E-state index in [2.05, 4.69) is 18.8 Å². The summed E-state index contributed by atoms with van der Waals surface area (Å²) >= 11 is 1.27. The average molecular weight is 419 g/mol. The molecule has 2 unspecified atom stereocenters. The minimum Gasteiger partial charge on any atom is -0.293 e. The lowest BCUT2D eigenvalue weighted by Crippen LogP contribution is -2.30. The van der Waals surface area contributed by atoms with Gasteiger partial charge < -0.3 is 0 Å². The van der Waals surface area contributed by atoms with E-state index in [9.17, 15) is 14.4 Å². The Morgan fingerprint density at radius 1 is 1.03 bits per heavy atom. The molecule has 0 bridgehead atoms. The van der Waals surface area contributed by atoms with Crippen molar-refractivity contribution in [2.45, 2.75) is 32.7 Å². The fraction of sp³-hybridized carbons (Fsp3) is 0.250. The molecule has 1 amide bonds. The average Bonchev–Trinajstić information content (AvgIpc) is 3.35. The van der Waals surface area contributed by atoms with Gasteiger partial charge in [0, 0.05) is 17.1 Å². The first-order chi connectivity index (χ1) is 14.4. The van der Waals surface area contributed by atoms with Crippen LogP contribution in [0.15, 0.2) is 60.1 Å². The molecule has 0 radical (unpaired) electrons. The molecule has 6 heteroatoms. The lowest BCUT2D eigenvalue weighted by molar-refractivity contribution is -0.135. The lowest BCUT2D eigenvalue weighted by Gasteiger charge is -2.25. The van der Waals surface area contributed by atoms with Crippen LogP contribution >= 0.6 is 11.3 Å². The fourth-order valence-corrected chi connectivity index (χ4v) is 4.47. The van der Waals surface area contributed by atoms with Crippen LogP contribution in [0.1, 0.15) is 52.9 Å². The zero-order chi connectivity index (χ0) is 21.4. The molecule has 2 heterocycles. The van der Waals surface area contributed by atoms with Crippen molar-refractivity contribution in [3.8, 4) is 0 Å². The Balaban J connectivity index is 1.82. The summed E-state index contributed by atoms with van der Waals surface area (Å²) in [7, 11) is 0. The highest BCUT2D eigenvalue weighted by Crippen LogP contribution is 2.42. The highest BCUT2D eigenvalue weighted by atomic mass is 32.1. The van der Waals surface area contributed by atoms with Crippen molar-refractivity contribution in [2.24, 2.45) is 5.92 Å². The van der Waals surface area contributed by atoms with Crippen molar-refractivity contribution in [3.05, 3.63) is 82.4 Å². The number of thiazole rings is 1. The van der Waals surface area contributed by atoms with Gasteiger partial charge in [-0.3, -0.25) is 19.3 Å². The van der Waals surface area contributed by atoms with E-state index in [1.54, 1.807) is 23.7 Å². The Labute approximate surface area is 179 Å². The third-order valence-electron chi connectivity index (χ3n) is 5.49. The smallest absolute Gasteiger partial charge is 0.293 e. The van der Waals surface area contributed by atoms with E-state index in [-0.39, 0.29) is 5.78 Å². The number of Topliss-reactive ketones (excluding diaryl/α,β-unsaturated/α-hetero) is 2. The van der Waals surface area contributed by atoms with Gasteiger partial charge in [0.1, 0.15) is 5.92 Å². The number of benzene rings is 2. The Kier molecular flexibility index (Phi) is 5.35. The topological polar surface area (TPSA) is 67.3 Å². The molecule has 0 saturated carbocycles. The number of anilines is 1. The molecule has 2 atom stereocenters. The molecule has 2 aromatic carbocycles. The molecule has 0 N–H and O–H groups in total. The minimum atomic E-state index is -1.10. The first-order valence-electron chi connectivity index (χ1n) is 9.86. The number of amides is 1. The monoisotopic (exact) mass is 418 g/mol. The maximum atomic E-state index is 13.4. The van der Waals surface area contributed by atoms with Gasteiger partial charge in [-0.05, 0) is 24.0 Å². The van der Waals surface area contributed by atoms with E-state index in [1.807, 2.05) is 43.3 Å². The normalized spacial score (nSPS) is 19.0. The van der Waals surface area contributed by atoms with Crippen LogP contribution in [0.5, 0.6) is 0 Å². The van der Waals surface area contributed by atoms with Crippen LogP contribution in [0.4, 0.5) is 5.13 Å². The van der Waals surface area contributed by atoms with Gasteiger partial charge in [0.05, 0.1) is 6.04 Å². The molecule has 4 rings (SSSR count). The third kappa shape index (κ3) is 3.48. The van der Waals surface area contributed by atoms with Gasteiger partial charge in [0.2, 0.25) is 5.78 Å². The molecular formula is C24H22N2O3S.